The quantitative estimate of drug-likeness (QED) is 0.358. The molecule has 1 heteroatoms. The lowest BCUT2D eigenvalue weighted by Crippen LogP contribution is -2.13. The molecule has 0 radical (unpaired) electrons. The first-order valence-corrected chi connectivity index (χ1v) is 9.72. The van der Waals surface area contributed by atoms with E-state index < -0.39 is 0 Å². The Labute approximate surface area is 148 Å². The minimum Gasteiger partial charge on any atom is -0.376 e. The summed E-state index contributed by atoms with van der Waals surface area (Å²) in [5.74, 6) is 1.72. The zero-order chi connectivity index (χ0) is 17.0. The monoisotopic (exact) mass is 326 g/mol. The number of rotatable bonds is 9. The number of ether oxygens (including phenoxy) is 1. The van der Waals surface area contributed by atoms with Crippen LogP contribution in [0.4, 0.5) is 0 Å². The molecule has 2 rings (SSSR count). The molecule has 24 heavy (non-hydrogen) atoms. The summed E-state index contributed by atoms with van der Waals surface area (Å²) in [6.07, 6.45) is 17.9. The molecule has 0 N–H and O–H groups in total. The van der Waals surface area contributed by atoms with E-state index in [0.717, 1.165) is 31.5 Å². The third kappa shape index (κ3) is 6.65. The first kappa shape index (κ1) is 19.0. The zero-order valence-electron chi connectivity index (χ0n) is 15.5. The molecule has 1 aromatic rings. The van der Waals surface area contributed by atoms with Crippen LogP contribution >= 0.6 is 0 Å². The molecule has 0 amide bonds. The Morgan fingerprint density at radius 1 is 0.917 bits per heavy atom. The highest BCUT2D eigenvalue weighted by molar-refractivity contribution is 5.25. The van der Waals surface area contributed by atoms with Crippen LogP contribution in [0.5, 0.6) is 0 Å². The van der Waals surface area contributed by atoms with Crippen LogP contribution in [0.3, 0.4) is 0 Å². The molecule has 0 bridgehead atoms. The summed E-state index contributed by atoms with van der Waals surface area (Å²) < 4.78 is 5.71. The van der Waals surface area contributed by atoms with Crippen LogP contribution in [-0.4, -0.2) is 6.61 Å². The lowest BCUT2D eigenvalue weighted by atomic mass is 9.77. The Kier molecular flexibility index (Phi) is 8.91. The fraction of sp³-hybridized carbons (Fsp3) is 0.565. The van der Waals surface area contributed by atoms with E-state index in [0.29, 0.717) is 0 Å². The van der Waals surface area contributed by atoms with Crippen molar-refractivity contribution in [1.82, 2.24) is 0 Å². The molecule has 1 fully saturated rings. The largest absolute Gasteiger partial charge is 0.376 e. The molecule has 0 saturated heterocycles. The Morgan fingerprint density at radius 3 is 2.25 bits per heavy atom. The molecule has 0 atom stereocenters. The fourth-order valence-electron chi connectivity index (χ4n) is 3.68. The van der Waals surface area contributed by atoms with Crippen molar-refractivity contribution < 1.29 is 4.74 Å². The van der Waals surface area contributed by atoms with Gasteiger partial charge in [-0.25, -0.2) is 0 Å². The van der Waals surface area contributed by atoms with E-state index in [4.69, 9.17) is 4.74 Å². The van der Waals surface area contributed by atoms with Crippen molar-refractivity contribution >= 4 is 0 Å². The van der Waals surface area contributed by atoms with Gasteiger partial charge in [0.2, 0.25) is 0 Å². The van der Waals surface area contributed by atoms with Gasteiger partial charge in [0.1, 0.15) is 0 Å². The van der Waals surface area contributed by atoms with Crippen molar-refractivity contribution in [3.05, 3.63) is 59.7 Å². The smallest absolute Gasteiger partial charge is 0.0717 e. The number of hydrogen-bond donors (Lipinski definition) is 0. The normalized spacial score (nSPS) is 21.8. The first-order chi connectivity index (χ1) is 11.8. The van der Waals surface area contributed by atoms with Crippen molar-refractivity contribution in [3.63, 3.8) is 0 Å². The average Bonchev–Trinajstić information content (AvgIpc) is 2.63. The maximum Gasteiger partial charge on any atom is 0.0717 e. The fourth-order valence-corrected chi connectivity index (χ4v) is 3.68. The number of benzene rings is 1. The maximum absolute atomic E-state index is 5.71. The van der Waals surface area contributed by atoms with Gasteiger partial charge in [0.15, 0.2) is 0 Å². The molecule has 1 aliphatic rings. The Hall–Kier alpha value is -1.34. The molecule has 0 heterocycles. The molecule has 1 aliphatic carbocycles. The highest BCUT2D eigenvalue weighted by Gasteiger charge is 2.21. The molecule has 0 spiro atoms. The van der Waals surface area contributed by atoms with Gasteiger partial charge in [-0.1, -0.05) is 48.6 Å². The van der Waals surface area contributed by atoms with Gasteiger partial charge in [-0.05, 0) is 81.8 Å². The molecule has 132 valence electrons. The van der Waals surface area contributed by atoms with Crippen LogP contribution in [0.1, 0.15) is 75.8 Å². The van der Waals surface area contributed by atoms with Crippen molar-refractivity contribution in [2.75, 3.05) is 6.61 Å². The second kappa shape index (κ2) is 11.3. The van der Waals surface area contributed by atoms with Crippen LogP contribution in [0.2, 0.25) is 0 Å². The van der Waals surface area contributed by atoms with E-state index in [1.54, 1.807) is 0 Å². The van der Waals surface area contributed by atoms with Gasteiger partial charge in [0, 0.05) is 0 Å². The van der Waals surface area contributed by atoms with Crippen LogP contribution in [-0.2, 0) is 11.3 Å². The lowest BCUT2D eigenvalue weighted by molar-refractivity contribution is 0.125. The summed E-state index contributed by atoms with van der Waals surface area (Å²) in [6, 6.07) is 9.16. The molecule has 0 unspecified atom stereocenters. The predicted octanol–water partition coefficient (Wildman–Crippen LogP) is 6.80. The van der Waals surface area contributed by atoms with E-state index in [2.05, 4.69) is 62.4 Å². The van der Waals surface area contributed by atoms with Crippen LogP contribution in [0, 0.1) is 5.92 Å². The molecular weight excluding hydrogens is 292 g/mol. The van der Waals surface area contributed by atoms with Crippen molar-refractivity contribution in [3.8, 4) is 0 Å². The van der Waals surface area contributed by atoms with Gasteiger partial charge in [-0.3, -0.25) is 0 Å². The van der Waals surface area contributed by atoms with E-state index >= 15 is 0 Å². The topological polar surface area (TPSA) is 9.23 Å². The SMILES string of the molecule is C/C=C/CCOCc1ccc([C@H]2CC[C@H](CC/C=C/C)CC2)cc1. The predicted molar refractivity (Wildman–Crippen MR) is 104 cm³/mol. The lowest BCUT2D eigenvalue weighted by Gasteiger charge is -2.28. The third-order valence-corrected chi connectivity index (χ3v) is 5.21. The zero-order valence-corrected chi connectivity index (χ0v) is 15.5. The molecule has 1 saturated carbocycles. The van der Waals surface area contributed by atoms with Crippen molar-refractivity contribution in [2.24, 2.45) is 5.92 Å². The second-order valence-electron chi connectivity index (χ2n) is 7.02. The van der Waals surface area contributed by atoms with Crippen molar-refractivity contribution in [1.29, 1.82) is 0 Å². The van der Waals surface area contributed by atoms with E-state index in [1.165, 1.54) is 49.7 Å². The highest BCUT2D eigenvalue weighted by Crippen LogP contribution is 2.37. The average molecular weight is 327 g/mol. The van der Waals surface area contributed by atoms with E-state index in [1.807, 2.05) is 0 Å². The number of allylic oxidation sites excluding steroid dienone is 3. The van der Waals surface area contributed by atoms with Gasteiger partial charge in [0.05, 0.1) is 13.2 Å². The second-order valence-corrected chi connectivity index (χ2v) is 7.02. The standard InChI is InChI=1S/C23H34O/c1-3-5-7-9-20-10-14-22(15-11-20)23-16-12-21(13-17-23)19-24-18-8-6-4-2/h3-6,12-13,16-17,20,22H,7-11,14-15,18-19H2,1-2H3/b5-3+,6-4+/t20-,22-. The van der Waals surface area contributed by atoms with Gasteiger partial charge in [0.25, 0.3) is 0 Å². The van der Waals surface area contributed by atoms with Crippen LogP contribution in [0.25, 0.3) is 0 Å². The van der Waals surface area contributed by atoms with Crippen molar-refractivity contribution in [2.45, 2.75) is 71.3 Å². The maximum atomic E-state index is 5.71. The van der Waals surface area contributed by atoms with Gasteiger partial charge in [-0.15, -0.1) is 0 Å². The highest BCUT2D eigenvalue weighted by atomic mass is 16.5. The Balaban J connectivity index is 1.71. The Bertz CT molecular complexity index is 489. The van der Waals surface area contributed by atoms with Gasteiger partial charge >= 0.3 is 0 Å². The molecule has 0 aliphatic heterocycles. The molecule has 1 aromatic carbocycles. The minimum absolute atomic E-state index is 0.732. The molecule has 1 nitrogen and oxygen atoms in total. The van der Waals surface area contributed by atoms with Gasteiger partial charge < -0.3 is 4.74 Å². The number of hydrogen-bond acceptors (Lipinski definition) is 1. The van der Waals surface area contributed by atoms with E-state index in [-0.39, 0.29) is 0 Å². The minimum atomic E-state index is 0.732. The molecular formula is C23H34O. The first-order valence-electron chi connectivity index (χ1n) is 9.72. The van der Waals surface area contributed by atoms with Crippen LogP contribution in [0.15, 0.2) is 48.6 Å². The van der Waals surface area contributed by atoms with E-state index in [9.17, 15) is 0 Å². The summed E-state index contributed by atoms with van der Waals surface area (Å²) >= 11 is 0. The summed E-state index contributed by atoms with van der Waals surface area (Å²) in [4.78, 5) is 0. The van der Waals surface area contributed by atoms with Crippen LogP contribution < -0.4 is 0 Å². The Morgan fingerprint density at radius 2 is 1.58 bits per heavy atom. The summed E-state index contributed by atoms with van der Waals surface area (Å²) in [6.45, 7) is 5.71. The summed E-state index contributed by atoms with van der Waals surface area (Å²) in [7, 11) is 0. The summed E-state index contributed by atoms with van der Waals surface area (Å²) in [5, 5.41) is 0. The third-order valence-electron chi connectivity index (χ3n) is 5.21. The van der Waals surface area contributed by atoms with Gasteiger partial charge in [-0.2, -0.15) is 0 Å². The summed E-state index contributed by atoms with van der Waals surface area (Å²) in [5.41, 5.74) is 2.82. The molecule has 0 aromatic heterocycles.